The fraction of sp³-hybridized carbons (Fsp3) is 0. The minimum atomic E-state index is -0.682. The van der Waals surface area contributed by atoms with Crippen LogP contribution in [0, 0.1) is 11.3 Å². The van der Waals surface area contributed by atoms with E-state index in [0.717, 1.165) is 0 Å². The highest BCUT2D eigenvalue weighted by Crippen LogP contribution is 2.35. The van der Waals surface area contributed by atoms with Crippen molar-refractivity contribution in [2.45, 2.75) is 0 Å². The summed E-state index contributed by atoms with van der Waals surface area (Å²) < 4.78 is 0. The van der Waals surface area contributed by atoms with Crippen LogP contribution in [0.4, 0.5) is 11.4 Å². The second kappa shape index (κ2) is 5.91. The van der Waals surface area contributed by atoms with E-state index in [1.807, 2.05) is 0 Å². The Labute approximate surface area is 136 Å². The Balaban J connectivity index is 2.05. The summed E-state index contributed by atoms with van der Waals surface area (Å²) in [6.07, 6.45) is 3.00. The van der Waals surface area contributed by atoms with E-state index in [-0.39, 0.29) is 11.1 Å². The zero-order valence-corrected chi connectivity index (χ0v) is 12.4. The predicted octanol–water partition coefficient (Wildman–Crippen LogP) is 2.60. The summed E-state index contributed by atoms with van der Waals surface area (Å²) in [5.74, 6) is -1.20. The van der Waals surface area contributed by atoms with Crippen molar-refractivity contribution in [2.24, 2.45) is 0 Å². The van der Waals surface area contributed by atoms with Gasteiger partial charge < -0.3 is 10.6 Å². The zero-order valence-electron chi connectivity index (χ0n) is 11.6. The lowest BCUT2D eigenvalue weighted by atomic mass is 10.0. The van der Waals surface area contributed by atoms with Crippen LogP contribution < -0.4 is 10.6 Å². The van der Waals surface area contributed by atoms with E-state index in [4.69, 9.17) is 11.6 Å². The van der Waals surface area contributed by atoms with Gasteiger partial charge in [0.1, 0.15) is 11.6 Å². The first-order chi connectivity index (χ1) is 11.1. The van der Waals surface area contributed by atoms with Gasteiger partial charge in [0, 0.05) is 22.5 Å². The minimum Gasteiger partial charge on any atom is -0.321 e. The molecule has 2 amide bonds. The molecule has 1 aromatic heterocycles. The van der Waals surface area contributed by atoms with Crippen LogP contribution in [-0.4, -0.2) is 16.8 Å². The number of fused-ring (bicyclic) bond motifs is 1. The van der Waals surface area contributed by atoms with Crippen LogP contribution >= 0.6 is 11.6 Å². The molecule has 0 atom stereocenters. The molecule has 1 aliphatic heterocycles. The summed E-state index contributed by atoms with van der Waals surface area (Å²) in [5.41, 5.74) is 1.09. The molecule has 23 heavy (non-hydrogen) atoms. The van der Waals surface area contributed by atoms with E-state index in [2.05, 4.69) is 15.6 Å². The second-order valence-electron chi connectivity index (χ2n) is 4.70. The van der Waals surface area contributed by atoms with Crippen LogP contribution in [-0.2, 0) is 9.59 Å². The Morgan fingerprint density at radius 2 is 2.17 bits per heavy atom. The summed E-state index contributed by atoms with van der Waals surface area (Å²) in [6.45, 7) is 0. The van der Waals surface area contributed by atoms with Crippen molar-refractivity contribution >= 4 is 40.4 Å². The summed E-state index contributed by atoms with van der Waals surface area (Å²) in [7, 11) is 0. The maximum atomic E-state index is 12.3. The number of nitriles is 1. The van der Waals surface area contributed by atoms with Gasteiger partial charge in [0.25, 0.3) is 11.8 Å². The Bertz CT molecular complexity index is 885. The Kier molecular flexibility index (Phi) is 3.79. The van der Waals surface area contributed by atoms with Crippen LogP contribution in [0.5, 0.6) is 0 Å². The average molecular weight is 325 g/mol. The van der Waals surface area contributed by atoms with Gasteiger partial charge in [-0.2, -0.15) is 5.26 Å². The predicted molar refractivity (Wildman–Crippen MR) is 85.5 cm³/mol. The van der Waals surface area contributed by atoms with Gasteiger partial charge in [0.05, 0.1) is 17.5 Å². The molecule has 0 saturated carbocycles. The van der Waals surface area contributed by atoms with Gasteiger partial charge in [0.2, 0.25) is 0 Å². The molecule has 1 aromatic carbocycles. The first kappa shape index (κ1) is 14.8. The quantitative estimate of drug-likeness (QED) is 0.655. The van der Waals surface area contributed by atoms with E-state index in [9.17, 15) is 14.9 Å². The lowest BCUT2D eigenvalue weighted by molar-refractivity contribution is -0.113. The molecular weight excluding hydrogens is 316 g/mol. The number of amides is 2. The van der Waals surface area contributed by atoms with Crippen LogP contribution in [0.1, 0.15) is 5.56 Å². The lowest BCUT2D eigenvalue weighted by Gasteiger charge is -2.05. The number of hydrogen-bond donors (Lipinski definition) is 2. The van der Waals surface area contributed by atoms with Crippen molar-refractivity contribution < 1.29 is 9.59 Å². The van der Waals surface area contributed by atoms with Gasteiger partial charge >= 0.3 is 0 Å². The molecule has 2 aromatic rings. The third-order valence-corrected chi connectivity index (χ3v) is 3.47. The van der Waals surface area contributed by atoms with Gasteiger partial charge in [-0.05, 0) is 30.3 Å². The van der Waals surface area contributed by atoms with E-state index in [1.165, 1.54) is 6.20 Å². The average Bonchev–Trinajstić information content (AvgIpc) is 2.85. The van der Waals surface area contributed by atoms with Crippen LogP contribution in [0.15, 0.2) is 48.3 Å². The maximum absolute atomic E-state index is 12.3. The Morgan fingerprint density at radius 3 is 2.87 bits per heavy atom. The number of halogens is 1. The molecule has 0 radical (unpaired) electrons. The van der Waals surface area contributed by atoms with Crippen molar-refractivity contribution in [3.05, 3.63) is 58.9 Å². The van der Waals surface area contributed by atoms with Crippen LogP contribution in [0.3, 0.4) is 0 Å². The Morgan fingerprint density at radius 1 is 1.35 bits per heavy atom. The molecule has 0 saturated heterocycles. The van der Waals surface area contributed by atoms with Gasteiger partial charge in [-0.25, -0.2) is 0 Å². The van der Waals surface area contributed by atoms with Gasteiger partial charge in [0.15, 0.2) is 0 Å². The summed E-state index contributed by atoms with van der Waals surface area (Å²) in [5, 5.41) is 14.9. The SMILES string of the molecule is N#C/C(C(=O)Nc1cccnc1)=C1/C(=O)Nc2ccc(Cl)cc21. The van der Waals surface area contributed by atoms with Crippen molar-refractivity contribution in [1.82, 2.24) is 4.98 Å². The van der Waals surface area contributed by atoms with Crippen molar-refractivity contribution in [3.63, 3.8) is 0 Å². The Hall–Kier alpha value is -3.17. The molecule has 0 spiro atoms. The number of aromatic nitrogens is 1. The third kappa shape index (κ3) is 2.78. The van der Waals surface area contributed by atoms with Gasteiger partial charge in [-0.15, -0.1) is 0 Å². The highest BCUT2D eigenvalue weighted by Gasteiger charge is 2.30. The molecule has 0 bridgehead atoms. The zero-order chi connectivity index (χ0) is 16.4. The molecule has 0 fully saturated rings. The highest BCUT2D eigenvalue weighted by molar-refractivity contribution is 6.38. The normalized spacial score (nSPS) is 14.5. The molecule has 6 nitrogen and oxygen atoms in total. The molecular formula is C16H9ClN4O2. The number of nitrogens with zero attached hydrogens (tertiary/aromatic N) is 2. The number of nitrogens with one attached hydrogen (secondary N) is 2. The van der Waals surface area contributed by atoms with Gasteiger partial charge in [-0.3, -0.25) is 14.6 Å². The molecule has 2 heterocycles. The van der Waals surface area contributed by atoms with Crippen molar-refractivity contribution in [2.75, 3.05) is 10.6 Å². The first-order valence-corrected chi connectivity index (χ1v) is 6.95. The van der Waals surface area contributed by atoms with Crippen LogP contribution in [0.2, 0.25) is 5.02 Å². The van der Waals surface area contributed by atoms with E-state index in [1.54, 1.807) is 42.6 Å². The van der Waals surface area contributed by atoms with Gasteiger partial charge in [-0.1, -0.05) is 11.6 Å². The third-order valence-electron chi connectivity index (χ3n) is 3.23. The second-order valence-corrected chi connectivity index (χ2v) is 5.14. The summed E-state index contributed by atoms with van der Waals surface area (Å²) >= 11 is 5.94. The fourth-order valence-corrected chi connectivity index (χ4v) is 2.41. The molecule has 112 valence electrons. The minimum absolute atomic E-state index is 0.00592. The van der Waals surface area contributed by atoms with Crippen molar-refractivity contribution in [1.29, 1.82) is 5.26 Å². The fourth-order valence-electron chi connectivity index (χ4n) is 2.24. The first-order valence-electron chi connectivity index (χ1n) is 6.57. The number of rotatable bonds is 2. The number of pyridine rings is 1. The molecule has 0 aliphatic carbocycles. The number of hydrogen-bond acceptors (Lipinski definition) is 4. The van der Waals surface area contributed by atoms with E-state index >= 15 is 0 Å². The molecule has 2 N–H and O–H groups in total. The van der Waals surface area contributed by atoms with Crippen molar-refractivity contribution in [3.8, 4) is 6.07 Å². The highest BCUT2D eigenvalue weighted by atomic mass is 35.5. The molecule has 7 heteroatoms. The molecule has 1 aliphatic rings. The van der Waals surface area contributed by atoms with Crippen LogP contribution in [0.25, 0.3) is 5.57 Å². The maximum Gasteiger partial charge on any atom is 0.267 e. The number of carbonyl (C=O) groups excluding carboxylic acids is 2. The number of benzene rings is 1. The lowest BCUT2D eigenvalue weighted by Crippen LogP contribution is -2.17. The molecule has 3 rings (SSSR count). The van der Waals surface area contributed by atoms with E-state index < -0.39 is 11.8 Å². The largest absolute Gasteiger partial charge is 0.321 e. The molecule has 0 unspecified atom stereocenters. The topological polar surface area (TPSA) is 94.9 Å². The summed E-state index contributed by atoms with van der Waals surface area (Å²) in [6, 6.07) is 9.85. The number of anilines is 2. The number of carbonyl (C=O) groups is 2. The summed E-state index contributed by atoms with van der Waals surface area (Å²) in [4.78, 5) is 28.4. The van der Waals surface area contributed by atoms with E-state index in [0.29, 0.717) is 22.0 Å². The standard InChI is InChI=1S/C16H9ClN4O2/c17-9-3-4-13-11(6-9)14(16(23)21-13)12(7-18)15(22)20-10-2-1-5-19-8-10/h1-6,8H,(H,20,22)(H,21,23)/b14-12-. The monoisotopic (exact) mass is 324 g/mol. The smallest absolute Gasteiger partial charge is 0.267 e.